The number of nitrogen functional groups attached to an aromatic ring is 1. The second-order valence-corrected chi connectivity index (χ2v) is 5.54. The molecule has 21 heavy (non-hydrogen) atoms. The number of hydrogen-bond donors (Lipinski definition) is 1. The number of nitrogens with two attached hydrogens (primary N) is 1. The van der Waals surface area contributed by atoms with Gasteiger partial charge in [-0.2, -0.15) is 0 Å². The zero-order valence-electron chi connectivity index (χ0n) is 12.2. The molecule has 0 spiro atoms. The summed E-state index contributed by atoms with van der Waals surface area (Å²) < 4.78 is 6.03. The molecule has 0 aromatic heterocycles. The number of benzene rings is 2. The summed E-state index contributed by atoms with van der Waals surface area (Å²) in [4.78, 5) is 2.36. The van der Waals surface area contributed by atoms with Crippen LogP contribution in [0.25, 0.3) is 0 Å². The van der Waals surface area contributed by atoms with Gasteiger partial charge in [0.1, 0.15) is 0 Å². The number of para-hydroxylation sites is 2. The average molecular weight is 282 g/mol. The molecule has 3 rings (SSSR count). The SMILES string of the molecule is Nc1ccccc1N1CCC(OCc2ccccc2)CC1. The van der Waals surface area contributed by atoms with Gasteiger partial charge in [-0.1, -0.05) is 42.5 Å². The minimum absolute atomic E-state index is 0.353. The van der Waals surface area contributed by atoms with E-state index >= 15 is 0 Å². The van der Waals surface area contributed by atoms with Gasteiger partial charge in [-0.25, -0.2) is 0 Å². The Bertz CT molecular complexity index is 562. The minimum atomic E-state index is 0.353. The Labute approximate surface area is 126 Å². The van der Waals surface area contributed by atoms with Crippen LogP contribution in [0.2, 0.25) is 0 Å². The lowest BCUT2D eigenvalue weighted by molar-refractivity contribution is 0.0251. The first-order chi connectivity index (χ1) is 10.3. The molecule has 1 fully saturated rings. The highest BCUT2D eigenvalue weighted by molar-refractivity contribution is 5.67. The molecule has 0 amide bonds. The maximum Gasteiger partial charge on any atom is 0.0720 e. The van der Waals surface area contributed by atoms with Gasteiger partial charge in [-0.3, -0.25) is 0 Å². The van der Waals surface area contributed by atoms with Gasteiger partial charge >= 0.3 is 0 Å². The van der Waals surface area contributed by atoms with Crippen molar-refractivity contribution in [3.63, 3.8) is 0 Å². The maximum atomic E-state index is 6.05. The van der Waals surface area contributed by atoms with Crippen LogP contribution in [-0.4, -0.2) is 19.2 Å². The standard InChI is InChI=1S/C18H22N2O/c19-17-8-4-5-9-18(17)20-12-10-16(11-13-20)21-14-15-6-2-1-3-7-15/h1-9,16H,10-14,19H2. The number of anilines is 2. The minimum Gasteiger partial charge on any atom is -0.397 e. The number of piperidine rings is 1. The van der Waals surface area contributed by atoms with Crippen molar-refractivity contribution in [2.45, 2.75) is 25.6 Å². The summed E-state index contributed by atoms with van der Waals surface area (Å²) in [6, 6.07) is 18.5. The molecule has 2 aromatic carbocycles. The van der Waals surface area contributed by atoms with E-state index in [2.05, 4.69) is 35.2 Å². The summed E-state index contributed by atoms with van der Waals surface area (Å²) in [6.07, 6.45) is 2.47. The van der Waals surface area contributed by atoms with Gasteiger partial charge in [0.2, 0.25) is 0 Å². The summed E-state index contributed by atoms with van der Waals surface area (Å²) in [5.74, 6) is 0. The predicted octanol–water partition coefficient (Wildman–Crippen LogP) is 3.45. The third-order valence-electron chi connectivity index (χ3n) is 4.05. The quantitative estimate of drug-likeness (QED) is 0.873. The van der Waals surface area contributed by atoms with Crippen molar-refractivity contribution in [1.29, 1.82) is 0 Å². The van der Waals surface area contributed by atoms with Gasteiger partial charge in [0.15, 0.2) is 0 Å². The number of ether oxygens (including phenoxy) is 1. The van der Waals surface area contributed by atoms with E-state index in [0.717, 1.165) is 37.3 Å². The molecular formula is C18H22N2O. The van der Waals surface area contributed by atoms with Crippen LogP contribution >= 0.6 is 0 Å². The summed E-state index contributed by atoms with van der Waals surface area (Å²) in [7, 11) is 0. The van der Waals surface area contributed by atoms with E-state index in [1.165, 1.54) is 5.56 Å². The van der Waals surface area contributed by atoms with E-state index in [1.54, 1.807) is 0 Å². The van der Waals surface area contributed by atoms with Crippen LogP contribution in [0.15, 0.2) is 54.6 Å². The van der Waals surface area contributed by atoms with Crippen LogP contribution in [0.1, 0.15) is 18.4 Å². The van der Waals surface area contributed by atoms with E-state index in [0.29, 0.717) is 12.7 Å². The lowest BCUT2D eigenvalue weighted by Crippen LogP contribution is -2.37. The first kappa shape index (κ1) is 14.0. The summed E-state index contributed by atoms with van der Waals surface area (Å²) in [5.41, 5.74) is 9.30. The van der Waals surface area contributed by atoms with Crippen molar-refractivity contribution in [3.05, 3.63) is 60.2 Å². The number of rotatable bonds is 4. The predicted molar refractivity (Wildman–Crippen MR) is 87.3 cm³/mol. The molecule has 1 heterocycles. The Balaban J connectivity index is 1.50. The highest BCUT2D eigenvalue weighted by atomic mass is 16.5. The second-order valence-electron chi connectivity index (χ2n) is 5.54. The van der Waals surface area contributed by atoms with E-state index in [9.17, 15) is 0 Å². The molecule has 2 aromatic rings. The van der Waals surface area contributed by atoms with Gasteiger partial charge in [0.25, 0.3) is 0 Å². The van der Waals surface area contributed by atoms with Gasteiger partial charge in [0, 0.05) is 13.1 Å². The topological polar surface area (TPSA) is 38.5 Å². The molecule has 1 aliphatic rings. The molecule has 3 heteroatoms. The fourth-order valence-electron chi connectivity index (χ4n) is 2.83. The van der Waals surface area contributed by atoms with Gasteiger partial charge in [-0.15, -0.1) is 0 Å². The second kappa shape index (κ2) is 6.64. The van der Waals surface area contributed by atoms with Crippen LogP contribution in [0.4, 0.5) is 11.4 Å². The number of nitrogens with zero attached hydrogens (tertiary/aromatic N) is 1. The molecule has 1 saturated heterocycles. The van der Waals surface area contributed by atoms with Crippen molar-refractivity contribution in [2.75, 3.05) is 23.7 Å². The molecule has 110 valence electrons. The lowest BCUT2D eigenvalue weighted by atomic mass is 10.1. The first-order valence-electron chi connectivity index (χ1n) is 7.58. The van der Waals surface area contributed by atoms with E-state index in [-0.39, 0.29) is 0 Å². The van der Waals surface area contributed by atoms with E-state index in [4.69, 9.17) is 10.5 Å². The molecule has 2 N–H and O–H groups in total. The van der Waals surface area contributed by atoms with Crippen LogP contribution < -0.4 is 10.6 Å². The number of hydrogen-bond acceptors (Lipinski definition) is 3. The largest absolute Gasteiger partial charge is 0.397 e. The van der Waals surface area contributed by atoms with Crippen molar-refractivity contribution >= 4 is 11.4 Å². The summed E-state index contributed by atoms with van der Waals surface area (Å²) in [5, 5.41) is 0. The lowest BCUT2D eigenvalue weighted by Gasteiger charge is -2.34. The van der Waals surface area contributed by atoms with Crippen LogP contribution in [0.3, 0.4) is 0 Å². The monoisotopic (exact) mass is 282 g/mol. The zero-order chi connectivity index (χ0) is 14.5. The Morgan fingerprint density at radius 2 is 1.62 bits per heavy atom. The fourth-order valence-corrected chi connectivity index (χ4v) is 2.83. The third-order valence-corrected chi connectivity index (χ3v) is 4.05. The molecular weight excluding hydrogens is 260 g/mol. The maximum absolute atomic E-state index is 6.05. The normalized spacial score (nSPS) is 16.1. The highest BCUT2D eigenvalue weighted by Crippen LogP contribution is 2.26. The van der Waals surface area contributed by atoms with Crippen LogP contribution in [0, 0.1) is 0 Å². The Hall–Kier alpha value is -2.00. The van der Waals surface area contributed by atoms with Crippen LogP contribution in [0.5, 0.6) is 0 Å². The Kier molecular flexibility index (Phi) is 4.41. The zero-order valence-corrected chi connectivity index (χ0v) is 12.2. The summed E-state index contributed by atoms with van der Waals surface area (Å²) >= 11 is 0. The average Bonchev–Trinajstić information content (AvgIpc) is 2.55. The van der Waals surface area contributed by atoms with Gasteiger partial charge in [0.05, 0.1) is 24.1 Å². The first-order valence-corrected chi connectivity index (χ1v) is 7.58. The Morgan fingerprint density at radius 1 is 0.952 bits per heavy atom. The Morgan fingerprint density at radius 3 is 2.33 bits per heavy atom. The molecule has 3 nitrogen and oxygen atoms in total. The van der Waals surface area contributed by atoms with Crippen molar-refractivity contribution in [2.24, 2.45) is 0 Å². The highest BCUT2D eigenvalue weighted by Gasteiger charge is 2.20. The molecule has 1 aliphatic heterocycles. The fraction of sp³-hybridized carbons (Fsp3) is 0.333. The molecule has 0 radical (unpaired) electrons. The molecule has 0 atom stereocenters. The van der Waals surface area contributed by atoms with Gasteiger partial charge in [-0.05, 0) is 30.5 Å². The van der Waals surface area contributed by atoms with Crippen molar-refractivity contribution in [1.82, 2.24) is 0 Å². The third kappa shape index (κ3) is 3.56. The molecule has 0 aliphatic carbocycles. The summed E-state index contributed by atoms with van der Waals surface area (Å²) in [6.45, 7) is 2.72. The molecule has 0 bridgehead atoms. The smallest absolute Gasteiger partial charge is 0.0720 e. The molecule has 0 unspecified atom stereocenters. The van der Waals surface area contributed by atoms with Crippen LogP contribution in [-0.2, 0) is 11.3 Å². The van der Waals surface area contributed by atoms with Crippen molar-refractivity contribution < 1.29 is 4.74 Å². The molecule has 0 saturated carbocycles. The van der Waals surface area contributed by atoms with E-state index < -0.39 is 0 Å². The van der Waals surface area contributed by atoms with E-state index in [1.807, 2.05) is 24.3 Å². The van der Waals surface area contributed by atoms with Gasteiger partial charge < -0.3 is 15.4 Å². The van der Waals surface area contributed by atoms with Crippen molar-refractivity contribution in [3.8, 4) is 0 Å².